The van der Waals surface area contributed by atoms with E-state index in [4.69, 9.17) is 10.2 Å². The molecule has 0 aliphatic heterocycles. The lowest BCUT2D eigenvalue weighted by atomic mass is 9.98. The van der Waals surface area contributed by atoms with E-state index in [-0.39, 0.29) is 0 Å². The number of aliphatic hydroxyl groups is 2. The van der Waals surface area contributed by atoms with Gasteiger partial charge >= 0.3 is 29.8 Å². The third-order valence-electron chi connectivity index (χ3n) is 1.88. The Balaban J connectivity index is 5.92. The van der Waals surface area contributed by atoms with Gasteiger partial charge in [0.25, 0.3) is 6.36 Å². The molecule has 0 aromatic rings. The molecule has 0 rings (SSSR count). The number of hydrogen-bond donors (Lipinski definition) is 2. The number of rotatable bonds is 5. The summed E-state index contributed by atoms with van der Waals surface area (Å²) in [6, 6.07) is 0. The Morgan fingerprint density at radius 1 is 0.632 bits per heavy atom. The zero-order valence-electron chi connectivity index (χ0n) is 8.13. The first kappa shape index (κ1) is 18.1. The molecule has 0 fully saturated rings. The molecule has 1 atom stereocenters. The van der Waals surface area contributed by atoms with Crippen LogP contribution >= 0.6 is 0 Å². The molecular weight excluding hydrogens is 313 g/mol. The van der Waals surface area contributed by atoms with Gasteiger partial charge in [0, 0.05) is 0 Å². The van der Waals surface area contributed by atoms with Crippen molar-refractivity contribution in [2.75, 3.05) is 0 Å². The van der Waals surface area contributed by atoms with Gasteiger partial charge in [-0.1, -0.05) is 0 Å². The first-order chi connectivity index (χ1) is 7.94. The van der Waals surface area contributed by atoms with E-state index in [0.717, 1.165) is 0 Å². The first-order valence-corrected chi connectivity index (χ1v) is 3.88. The summed E-state index contributed by atoms with van der Waals surface area (Å²) in [7, 11) is 0. The second-order valence-electron chi connectivity index (χ2n) is 3.22. The molecule has 0 saturated carbocycles. The minimum Gasteiger partial charge on any atom is -0.359 e. The summed E-state index contributed by atoms with van der Waals surface area (Å²) in [6.07, 6.45) is -11.9. The average molecular weight is 316 g/mol. The topological polar surface area (TPSA) is 40.5 Å². The maximum Gasteiger partial charge on any atom is 0.423 e. The Morgan fingerprint density at radius 3 is 1.16 bits per heavy atom. The van der Waals surface area contributed by atoms with E-state index in [1.165, 1.54) is 0 Å². The van der Waals surface area contributed by atoms with Crippen molar-refractivity contribution in [3.63, 3.8) is 0 Å². The van der Waals surface area contributed by atoms with E-state index in [1.54, 1.807) is 0 Å². The lowest BCUT2D eigenvalue weighted by Crippen LogP contribution is -2.68. The quantitative estimate of drug-likeness (QED) is 0.765. The van der Waals surface area contributed by atoms with Gasteiger partial charge in [-0.15, -0.1) is 0 Å². The highest BCUT2D eigenvalue weighted by Gasteiger charge is 2.87. The van der Waals surface area contributed by atoms with Gasteiger partial charge in [0.15, 0.2) is 0 Å². The Labute approximate surface area is 96.0 Å². The molecule has 0 radical (unpaired) electrons. The van der Waals surface area contributed by atoms with E-state index in [1.807, 2.05) is 0 Å². The van der Waals surface area contributed by atoms with Crippen molar-refractivity contribution in [2.45, 2.75) is 36.2 Å². The smallest absolute Gasteiger partial charge is 0.359 e. The molecule has 2 N–H and O–H groups in total. The van der Waals surface area contributed by atoms with Crippen molar-refractivity contribution in [1.82, 2.24) is 0 Å². The lowest BCUT2D eigenvalue weighted by Gasteiger charge is -2.37. The predicted octanol–water partition coefficient (Wildman–Crippen LogP) is 2.40. The molecule has 0 aromatic heterocycles. The third-order valence-corrected chi connectivity index (χ3v) is 1.88. The maximum atomic E-state index is 12.4. The van der Waals surface area contributed by atoms with Crippen LogP contribution in [0, 0.1) is 0 Å². The normalized spacial score (nSPS) is 17.5. The Hall–Kier alpha value is -0.850. The number of halogens is 11. The molecule has 0 aliphatic rings. The SMILES string of the molecule is OC(F)C(F)(F)C(F)(F)C(F)(F)C(F)(F)C(O)(F)F. The summed E-state index contributed by atoms with van der Waals surface area (Å²) in [4.78, 5) is 0. The van der Waals surface area contributed by atoms with Gasteiger partial charge in [-0.25, -0.2) is 4.39 Å². The summed E-state index contributed by atoms with van der Waals surface area (Å²) in [6.45, 7) is 0. The van der Waals surface area contributed by atoms with Crippen LogP contribution < -0.4 is 0 Å². The van der Waals surface area contributed by atoms with Crippen LogP contribution in [0.2, 0.25) is 0 Å². The Bertz CT molecular complexity index is 331. The van der Waals surface area contributed by atoms with Crippen LogP contribution in [0.5, 0.6) is 0 Å². The highest BCUT2D eigenvalue weighted by Crippen LogP contribution is 2.57. The van der Waals surface area contributed by atoms with Crippen LogP contribution in [-0.4, -0.2) is 46.4 Å². The molecule has 2 nitrogen and oxygen atoms in total. The zero-order valence-corrected chi connectivity index (χ0v) is 8.13. The number of aliphatic hydroxyl groups excluding tert-OH is 1. The molecule has 0 aliphatic carbocycles. The molecule has 0 saturated heterocycles. The van der Waals surface area contributed by atoms with Gasteiger partial charge in [-0.2, -0.15) is 43.9 Å². The molecule has 0 bridgehead atoms. The second-order valence-corrected chi connectivity index (χ2v) is 3.22. The van der Waals surface area contributed by atoms with Crippen LogP contribution in [0.1, 0.15) is 0 Å². The van der Waals surface area contributed by atoms with E-state index in [2.05, 4.69) is 0 Å². The number of hydrogen-bond acceptors (Lipinski definition) is 2. The molecule has 0 heterocycles. The van der Waals surface area contributed by atoms with Crippen LogP contribution in [0.4, 0.5) is 48.3 Å². The van der Waals surface area contributed by atoms with Crippen LogP contribution in [0.3, 0.4) is 0 Å². The molecule has 0 spiro atoms. The van der Waals surface area contributed by atoms with Crippen molar-refractivity contribution < 1.29 is 58.5 Å². The van der Waals surface area contributed by atoms with Gasteiger partial charge < -0.3 is 10.2 Å². The van der Waals surface area contributed by atoms with E-state index in [9.17, 15) is 48.3 Å². The second kappa shape index (κ2) is 4.33. The fourth-order valence-electron chi connectivity index (χ4n) is 0.745. The molecule has 0 aromatic carbocycles. The van der Waals surface area contributed by atoms with E-state index in [0.29, 0.717) is 0 Å². The van der Waals surface area contributed by atoms with Crippen molar-refractivity contribution in [1.29, 1.82) is 0 Å². The van der Waals surface area contributed by atoms with Gasteiger partial charge in [0.2, 0.25) is 0 Å². The van der Waals surface area contributed by atoms with Crippen molar-refractivity contribution >= 4 is 0 Å². The number of alkyl halides is 11. The standard InChI is InChI=1S/C6H3F11O2/c7-1(18)2(8,9)3(10,11)4(12,13)5(14,15)6(16,17)19/h1,18-19H. The maximum absolute atomic E-state index is 12.4. The molecule has 1 unspecified atom stereocenters. The minimum atomic E-state index is -7.57. The van der Waals surface area contributed by atoms with Gasteiger partial charge in [-0.05, 0) is 0 Å². The summed E-state index contributed by atoms with van der Waals surface area (Å²) in [5.41, 5.74) is 0. The predicted molar refractivity (Wildman–Crippen MR) is 34.1 cm³/mol. The van der Waals surface area contributed by atoms with E-state index >= 15 is 0 Å². The Morgan fingerprint density at radius 2 is 0.947 bits per heavy atom. The minimum absolute atomic E-state index is 5.04. The van der Waals surface area contributed by atoms with Crippen LogP contribution in [0.15, 0.2) is 0 Å². The van der Waals surface area contributed by atoms with Crippen molar-refractivity contribution in [3.8, 4) is 0 Å². The molecular formula is C6H3F11O2. The lowest BCUT2D eigenvalue weighted by molar-refractivity contribution is -0.446. The van der Waals surface area contributed by atoms with E-state index < -0.39 is 36.2 Å². The fraction of sp³-hybridized carbons (Fsp3) is 1.00. The first-order valence-electron chi connectivity index (χ1n) is 3.88. The highest BCUT2D eigenvalue weighted by molar-refractivity contribution is 5.06. The molecule has 116 valence electrons. The Kier molecular flexibility index (Phi) is 4.13. The van der Waals surface area contributed by atoms with Crippen molar-refractivity contribution in [2.24, 2.45) is 0 Å². The van der Waals surface area contributed by atoms with Gasteiger partial charge in [-0.3, -0.25) is 0 Å². The summed E-state index contributed by atoms with van der Waals surface area (Å²) >= 11 is 0. The third kappa shape index (κ3) is 2.32. The summed E-state index contributed by atoms with van der Waals surface area (Å²) in [5.74, 6) is -29.2. The molecule has 19 heavy (non-hydrogen) atoms. The molecule has 13 heteroatoms. The fourth-order valence-corrected chi connectivity index (χ4v) is 0.745. The summed E-state index contributed by atoms with van der Waals surface area (Å²) < 4.78 is 134. The zero-order chi connectivity index (χ0) is 16.1. The molecule has 0 amide bonds. The average Bonchev–Trinajstić information content (AvgIpc) is 2.14. The summed E-state index contributed by atoms with van der Waals surface area (Å²) in [5, 5.41) is 14.9. The monoisotopic (exact) mass is 316 g/mol. The van der Waals surface area contributed by atoms with Crippen LogP contribution in [0.25, 0.3) is 0 Å². The van der Waals surface area contributed by atoms with Crippen molar-refractivity contribution in [3.05, 3.63) is 0 Å². The largest absolute Gasteiger partial charge is 0.423 e. The van der Waals surface area contributed by atoms with Gasteiger partial charge in [0.05, 0.1) is 0 Å². The van der Waals surface area contributed by atoms with Crippen LogP contribution in [-0.2, 0) is 0 Å². The highest BCUT2D eigenvalue weighted by atomic mass is 19.4. The van der Waals surface area contributed by atoms with Gasteiger partial charge in [0.1, 0.15) is 0 Å².